The largest absolute Gasteiger partial charge is 0.346 e. The Hall–Kier alpha value is -1.81. The number of halogens is 1. The van der Waals surface area contributed by atoms with E-state index in [1.54, 1.807) is 0 Å². The van der Waals surface area contributed by atoms with Crippen LogP contribution in [-0.4, -0.2) is 16.0 Å². The first-order chi connectivity index (χ1) is 5.24. The molecule has 0 aliphatic carbocycles. The van der Waals surface area contributed by atoms with E-state index in [0.29, 0.717) is 6.20 Å². The highest BCUT2D eigenvalue weighted by atomic mass is 19.1. The minimum Gasteiger partial charge on any atom is -0.287 e. The lowest BCUT2D eigenvalue weighted by atomic mass is 10.6. The molecule has 0 saturated carbocycles. The first-order valence-electron chi connectivity index (χ1n) is 2.56. The van der Waals surface area contributed by atoms with Crippen LogP contribution in [0.2, 0.25) is 0 Å². The van der Waals surface area contributed by atoms with Crippen LogP contribution in [0.1, 0.15) is 0 Å². The molecule has 1 N–H and O–H groups in total. The molecule has 0 unspecified atom stereocenters. The Morgan fingerprint density at radius 1 is 1.73 bits per heavy atom. The van der Waals surface area contributed by atoms with Gasteiger partial charge in [0.15, 0.2) is 11.6 Å². The number of aromatic nitrogens is 2. The van der Waals surface area contributed by atoms with Gasteiger partial charge in [-0.3, -0.25) is 4.98 Å². The normalized spacial score (nSPS) is 8.82. The van der Waals surface area contributed by atoms with Crippen LogP contribution in [0.15, 0.2) is 16.0 Å². The van der Waals surface area contributed by atoms with Crippen molar-refractivity contribution in [1.82, 2.24) is 9.97 Å². The monoisotopic (exact) mass is 155 g/mol. The number of rotatable bonds is 1. The Morgan fingerprint density at radius 3 is 3.09 bits per heavy atom. The number of isocyanates is 1. The van der Waals surface area contributed by atoms with Gasteiger partial charge in [0, 0.05) is 0 Å². The zero-order valence-electron chi connectivity index (χ0n) is 5.17. The maximum Gasteiger partial charge on any atom is 0.346 e. The van der Waals surface area contributed by atoms with Gasteiger partial charge in [-0.05, 0) is 0 Å². The molecule has 0 fully saturated rings. The molecule has 0 radical (unpaired) electrons. The molecular weight excluding hydrogens is 153 g/mol. The number of nitrogens with zero attached hydrogens (tertiary/aromatic N) is 2. The standard InChI is InChI=1S/C5H2FN3O2/c6-3-1-7-5(11)9-4(3)8-2-10/h1H,(H,7,9,11). The second-order valence-corrected chi connectivity index (χ2v) is 1.59. The van der Waals surface area contributed by atoms with Gasteiger partial charge in [-0.25, -0.2) is 14.0 Å². The van der Waals surface area contributed by atoms with Crippen LogP contribution in [0, 0.1) is 5.82 Å². The highest BCUT2D eigenvalue weighted by molar-refractivity contribution is 5.43. The molecule has 1 rings (SSSR count). The van der Waals surface area contributed by atoms with Crippen LogP contribution in [0.5, 0.6) is 0 Å². The summed E-state index contributed by atoms with van der Waals surface area (Å²) in [6.07, 6.45) is 1.76. The van der Waals surface area contributed by atoms with E-state index < -0.39 is 17.3 Å². The van der Waals surface area contributed by atoms with E-state index in [2.05, 4.69) is 9.98 Å². The molecular formula is C5H2FN3O2. The van der Waals surface area contributed by atoms with Gasteiger partial charge in [-0.2, -0.15) is 4.98 Å². The Bertz CT molecular complexity index is 366. The van der Waals surface area contributed by atoms with Crippen molar-refractivity contribution in [1.29, 1.82) is 0 Å². The highest BCUT2D eigenvalue weighted by Crippen LogP contribution is 2.07. The van der Waals surface area contributed by atoms with Crippen molar-refractivity contribution in [3.05, 3.63) is 22.5 Å². The molecule has 0 aromatic carbocycles. The summed E-state index contributed by atoms with van der Waals surface area (Å²) >= 11 is 0. The van der Waals surface area contributed by atoms with E-state index in [9.17, 15) is 14.0 Å². The number of aromatic amines is 1. The van der Waals surface area contributed by atoms with Crippen molar-refractivity contribution in [2.45, 2.75) is 0 Å². The molecule has 56 valence electrons. The van der Waals surface area contributed by atoms with Crippen LogP contribution in [0.25, 0.3) is 0 Å². The van der Waals surface area contributed by atoms with E-state index in [1.807, 2.05) is 4.98 Å². The van der Waals surface area contributed by atoms with Crippen LogP contribution >= 0.6 is 0 Å². The molecule has 6 heteroatoms. The average Bonchev–Trinajstić information content (AvgIpc) is 1.98. The third-order valence-electron chi connectivity index (χ3n) is 0.904. The second kappa shape index (κ2) is 2.85. The van der Waals surface area contributed by atoms with E-state index in [4.69, 9.17) is 0 Å². The summed E-state index contributed by atoms with van der Waals surface area (Å²) in [6.45, 7) is 0. The molecule has 1 aromatic rings. The van der Waals surface area contributed by atoms with Gasteiger partial charge in [0.25, 0.3) is 0 Å². The van der Waals surface area contributed by atoms with Crippen molar-refractivity contribution in [2.75, 3.05) is 0 Å². The lowest BCUT2D eigenvalue weighted by Gasteiger charge is -1.89. The molecule has 0 amide bonds. The Balaban J connectivity index is 3.34. The topological polar surface area (TPSA) is 75.2 Å². The second-order valence-electron chi connectivity index (χ2n) is 1.59. The minimum atomic E-state index is -0.868. The van der Waals surface area contributed by atoms with Crippen molar-refractivity contribution < 1.29 is 9.18 Å². The smallest absolute Gasteiger partial charge is 0.287 e. The number of carbonyl (C=O) groups excluding carboxylic acids is 1. The van der Waals surface area contributed by atoms with Crippen molar-refractivity contribution >= 4 is 11.9 Å². The summed E-state index contributed by atoms with van der Waals surface area (Å²) in [5.41, 5.74) is -0.764. The van der Waals surface area contributed by atoms with Gasteiger partial charge in [-0.15, -0.1) is 4.99 Å². The molecule has 0 bridgehead atoms. The SMILES string of the molecule is O=C=Nc1[nH]c(=O)ncc1F. The zero-order chi connectivity index (χ0) is 8.27. The van der Waals surface area contributed by atoms with Gasteiger partial charge < -0.3 is 0 Å². The number of hydrogen-bond acceptors (Lipinski definition) is 4. The molecule has 0 atom stereocenters. The fourth-order valence-electron chi connectivity index (χ4n) is 0.497. The Morgan fingerprint density at radius 2 is 2.45 bits per heavy atom. The summed E-state index contributed by atoms with van der Waals surface area (Å²) in [5.74, 6) is -1.33. The van der Waals surface area contributed by atoms with Crippen LogP contribution < -0.4 is 5.69 Å². The number of H-pyrrole nitrogens is 1. The highest BCUT2D eigenvalue weighted by Gasteiger charge is 2.00. The van der Waals surface area contributed by atoms with E-state index >= 15 is 0 Å². The Kier molecular flexibility index (Phi) is 1.89. The summed E-state index contributed by atoms with van der Waals surface area (Å²) in [7, 11) is 0. The van der Waals surface area contributed by atoms with Crippen LogP contribution in [-0.2, 0) is 4.79 Å². The third kappa shape index (κ3) is 1.56. The van der Waals surface area contributed by atoms with Gasteiger partial charge >= 0.3 is 5.69 Å². The summed E-state index contributed by atoms with van der Waals surface area (Å²) in [5, 5.41) is 0. The third-order valence-corrected chi connectivity index (χ3v) is 0.904. The molecule has 0 aliphatic rings. The molecule has 1 aromatic heterocycles. The van der Waals surface area contributed by atoms with Gasteiger partial charge in [-0.1, -0.05) is 0 Å². The van der Waals surface area contributed by atoms with Crippen LogP contribution in [0.4, 0.5) is 10.2 Å². The van der Waals surface area contributed by atoms with E-state index in [0.717, 1.165) is 6.08 Å². The molecule has 0 aliphatic heterocycles. The van der Waals surface area contributed by atoms with E-state index in [-0.39, 0.29) is 0 Å². The van der Waals surface area contributed by atoms with Gasteiger partial charge in [0.1, 0.15) is 0 Å². The zero-order valence-corrected chi connectivity index (χ0v) is 5.17. The van der Waals surface area contributed by atoms with Gasteiger partial charge in [0.2, 0.25) is 6.08 Å². The first kappa shape index (κ1) is 7.30. The molecule has 11 heavy (non-hydrogen) atoms. The first-order valence-corrected chi connectivity index (χ1v) is 2.56. The fraction of sp³-hybridized carbons (Fsp3) is 0. The molecule has 5 nitrogen and oxygen atoms in total. The number of nitrogens with one attached hydrogen (secondary N) is 1. The average molecular weight is 155 g/mol. The van der Waals surface area contributed by atoms with Crippen molar-refractivity contribution in [2.24, 2.45) is 4.99 Å². The van der Waals surface area contributed by atoms with Crippen LogP contribution in [0.3, 0.4) is 0 Å². The minimum absolute atomic E-state index is 0.458. The molecule has 1 heterocycles. The predicted octanol–water partition coefficient (Wildman–Crippen LogP) is -0.124. The quantitative estimate of drug-likeness (QED) is 0.453. The Labute approximate surface area is 59.6 Å². The molecule has 0 spiro atoms. The van der Waals surface area contributed by atoms with Crippen molar-refractivity contribution in [3.63, 3.8) is 0 Å². The summed E-state index contributed by atoms with van der Waals surface area (Å²) < 4.78 is 12.5. The molecule has 0 saturated heterocycles. The van der Waals surface area contributed by atoms with Gasteiger partial charge in [0.05, 0.1) is 6.20 Å². The summed E-state index contributed by atoms with van der Waals surface area (Å²) in [4.78, 5) is 27.9. The maximum atomic E-state index is 12.5. The lowest BCUT2D eigenvalue weighted by molar-refractivity contribution is 0.563. The fourth-order valence-corrected chi connectivity index (χ4v) is 0.497. The predicted molar refractivity (Wildman–Crippen MR) is 32.6 cm³/mol. The number of aliphatic imine (C=N–C) groups is 1. The maximum absolute atomic E-state index is 12.5. The lowest BCUT2D eigenvalue weighted by Crippen LogP contribution is -2.09. The van der Waals surface area contributed by atoms with Crippen molar-refractivity contribution in [3.8, 4) is 0 Å². The van der Waals surface area contributed by atoms with E-state index in [1.165, 1.54) is 0 Å². The number of hydrogen-bond donors (Lipinski definition) is 1. The summed E-state index contributed by atoms with van der Waals surface area (Å²) in [6, 6.07) is 0.